The lowest BCUT2D eigenvalue weighted by Gasteiger charge is -2.20. The molecule has 0 bridgehead atoms. The molecule has 0 saturated carbocycles. The van der Waals surface area contributed by atoms with E-state index >= 15 is 0 Å². The van der Waals surface area contributed by atoms with Crippen molar-refractivity contribution in [3.63, 3.8) is 0 Å². The topological polar surface area (TPSA) is 64.9 Å². The van der Waals surface area contributed by atoms with Crippen LogP contribution in [0.1, 0.15) is 42.5 Å². The maximum absolute atomic E-state index is 12.2. The SMILES string of the molecule is CC(NC(=O)/C(C#N)=C\NCCCl)c1ccc2c(c1)CCCC2. The van der Waals surface area contributed by atoms with Crippen molar-refractivity contribution in [3.8, 4) is 6.07 Å². The molecule has 0 radical (unpaired) electrons. The van der Waals surface area contributed by atoms with Gasteiger partial charge in [0.1, 0.15) is 11.6 Å². The molecule has 0 spiro atoms. The van der Waals surface area contributed by atoms with Crippen LogP contribution in [0.4, 0.5) is 0 Å². The first-order valence-electron chi connectivity index (χ1n) is 7.98. The molecule has 122 valence electrons. The van der Waals surface area contributed by atoms with Crippen molar-refractivity contribution in [3.05, 3.63) is 46.7 Å². The van der Waals surface area contributed by atoms with Crippen molar-refractivity contribution in [1.29, 1.82) is 5.26 Å². The van der Waals surface area contributed by atoms with Gasteiger partial charge >= 0.3 is 0 Å². The van der Waals surface area contributed by atoms with Gasteiger partial charge in [0, 0.05) is 18.6 Å². The van der Waals surface area contributed by atoms with E-state index in [-0.39, 0.29) is 17.5 Å². The van der Waals surface area contributed by atoms with E-state index in [1.807, 2.05) is 13.0 Å². The van der Waals surface area contributed by atoms with Gasteiger partial charge in [0.2, 0.25) is 0 Å². The number of carbonyl (C=O) groups is 1. The highest BCUT2D eigenvalue weighted by molar-refractivity contribution is 6.18. The highest BCUT2D eigenvalue weighted by Crippen LogP contribution is 2.24. The summed E-state index contributed by atoms with van der Waals surface area (Å²) >= 11 is 5.55. The third kappa shape index (κ3) is 4.74. The zero-order valence-electron chi connectivity index (χ0n) is 13.4. The molecule has 0 fully saturated rings. The second-order valence-electron chi connectivity index (χ2n) is 5.74. The number of hydrogen-bond acceptors (Lipinski definition) is 3. The second-order valence-corrected chi connectivity index (χ2v) is 6.12. The minimum Gasteiger partial charge on any atom is -0.388 e. The summed E-state index contributed by atoms with van der Waals surface area (Å²) in [6.07, 6.45) is 6.14. The molecular weight excluding hydrogens is 310 g/mol. The van der Waals surface area contributed by atoms with Crippen molar-refractivity contribution in [2.24, 2.45) is 0 Å². The van der Waals surface area contributed by atoms with Crippen LogP contribution in [0.5, 0.6) is 0 Å². The Morgan fingerprint density at radius 3 is 2.83 bits per heavy atom. The molecule has 1 aromatic carbocycles. The minimum atomic E-state index is -0.375. The second kappa shape index (κ2) is 8.59. The van der Waals surface area contributed by atoms with Gasteiger partial charge in [-0.25, -0.2) is 0 Å². The maximum Gasteiger partial charge on any atom is 0.263 e. The van der Waals surface area contributed by atoms with Gasteiger partial charge in [0.05, 0.1) is 6.04 Å². The largest absolute Gasteiger partial charge is 0.388 e. The molecule has 1 atom stereocenters. The molecule has 1 aromatic rings. The summed E-state index contributed by atoms with van der Waals surface area (Å²) in [4.78, 5) is 12.2. The zero-order valence-corrected chi connectivity index (χ0v) is 14.1. The van der Waals surface area contributed by atoms with Gasteiger partial charge in [-0.1, -0.05) is 18.2 Å². The first-order valence-corrected chi connectivity index (χ1v) is 8.51. The molecule has 1 aliphatic rings. The number of nitriles is 1. The molecule has 0 heterocycles. The van der Waals surface area contributed by atoms with Gasteiger partial charge in [0.25, 0.3) is 5.91 Å². The van der Waals surface area contributed by atoms with Crippen LogP contribution < -0.4 is 10.6 Å². The standard InChI is InChI=1S/C18H22ClN3O/c1-13(22-18(23)17(11-20)12-21-9-8-19)15-7-6-14-4-2-3-5-16(14)10-15/h6-7,10,12-13,21H,2-5,8-9H2,1H3,(H,22,23)/b17-12-. The smallest absolute Gasteiger partial charge is 0.263 e. The highest BCUT2D eigenvalue weighted by atomic mass is 35.5. The molecule has 1 amide bonds. The Hall–Kier alpha value is -1.99. The summed E-state index contributed by atoms with van der Waals surface area (Å²) in [5, 5.41) is 14.8. The summed E-state index contributed by atoms with van der Waals surface area (Å²) in [6, 6.07) is 8.18. The summed E-state index contributed by atoms with van der Waals surface area (Å²) in [7, 11) is 0. The number of fused-ring (bicyclic) bond motifs is 1. The fourth-order valence-electron chi connectivity index (χ4n) is 2.76. The van der Waals surface area contributed by atoms with Crippen LogP contribution in [0.25, 0.3) is 0 Å². The molecule has 4 nitrogen and oxygen atoms in total. The molecular formula is C18H22ClN3O. The third-order valence-electron chi connectivity index (χ3n) is 4.07. The normalized spacial score (nSPS) is 15.3. The molecule has 2 N–H and O–H groups in total. The Balaban J connectivity index is 2.03. The van der Waals surface area contributed by atoms with Crippen LogP contribution in [-0.2, 0) is 17.6 Å². The van der Waals surface area contributed by atoms with Gasteiger partial charge < -0.3 is 10.6 Å². The number of carbonyl (C=O) groups excluding carboxylic acids is 1. The number of benzene rings is 1. The first-order chi connectivity index (χ1) is 11.2. The van der Waals surface area contributed by atoms with Crippen molar-refractivity contribution in [2.75, 3.05) is 12.4 Å². The highest BCUT2D eigenvalue weighted by Gasteiger charge is 2.16. The van der Waals surface area contributed by atoms with Crippen LogP contribution >= 0.6 is 11.6 Å². The van der Waals surface area contributed by atoms with Crippen LogP contribution in [0.15, 0.2) is 30.0 Å². The lowest BCUT2D eigenvalue weighted by Crippen LogP contribution is -2.28. The number of halogens is 1. The van der Waals surface area contributed by atoms with Crippen molar-refractivity contribution in [2.45, 2.75) is 38.6 Å². The van der Waals surface area contributed by atoms with E-state index in [1.165, 1.54) is 30.2 Å². The van der Waals surface area contributed by atoms with Crippen LogP contribution in [0, 0.1) is 11.3 Å². The van der Waals surface area contributed by atoms with Gasteiger partial charge in [-0.2, -0.15) is 5.26 Å². The molecule has 1 unspecified atom stereocenters. The number of amides is 1. The van der Waals surface area contributed by atoms with Crippen LogP contribution in [-0.4, -0.2) is 18.3 Å². The Morgan fingerprint density at radius 1 is 1.39 bits per heavy atom. The molecule has 0 saturated heterocycles. The van der Waals surface area contributed by atoms with E-state index in [2.05, 4.69) is 28.8 Å². The van der Waals surface area contributed by atoms with Crippen molar-refractivity contribution < 1.29 is 4.79 Å². The number of hydrogen-bond donors (Lipinski definition) is 2. The molecule has 0 aromatic heterocycles. The van der Waals surface area contributed by atoms with Crippen LogP contribution in [0.2, 0.25) is 0 Å². The molecule has 5 heteroatoms. The number of alkyl halides is 1. The van der Waals surface area contributed by atoms with E-state index in [9.17, 15) is 4.79 Å². The lowest BCUT2D eigenvalue weighted by atomic mass is 9.89. The number of nitrogens with one attached hydrogen (secondary N) is 2. The maximum atomic E-state index is 12.2. The van der Waals surface area contributed by atoms with Crippen molar-refractivity contribution in [1.82, 2.24) is 10.6 Å². The van der Waals surface area contributed by atoms with E-state index in [1.54, 1.807) is 0 Å². The quantitative estimate of drug-likeness (QED) is 0.364. The Bertz CT molecular complexity index is 634. The van der Waals surface area contributed by atoms with E-state index in [0.29, 0.717) is 12.4 Å². The molecule has 2 rings (SSSR count). The van der Waals surface area contributed by atoms with Gasteiger partial charge in [-0.3, -0.25) is 4.79 Å². The summed E-state index contributed by atoms with van der Waals surface area (Å²) < 4.78 is 0. The molecule has 23 heavy (non-hydrogen) atoms. The molecule has 0 aliphatic heterocycles. The molecule has 1 aliphatic carbocycles. The zero-order chi connectivity index (χ0) is 16.7. The van der Waals surface area contributed by atoms with E-state index in [0.717, 1.165) is 18.4 Å². The Kier molecular flexibility index (Phi) is 6.49. The minimum absolute atomic E-state index is 0.0555. The monoisotopic (exact) mass is 331 g/mol. The number of rotatable bonds is 6. The number of nitrogens with zero attached hydrogens (tertiary/aromatic N) is 1. The average molecular weight is 332 g/mol. The summed E-state index contributed by atoms with van der Waals surface area (Å²) in [5.41, 5.74) is 3.93. The fraction of sp³-hybridized carbons (Fsp3) is 0.444. The summed E-state index contributed by atoms with van der Waals surface area (Å²) in [5.74, 6) is 0.0438. The summed E-state index contributed by atoms with van der Waals surface area (Å²) in [6.45, 7) is 2.45. The van der Waals surface area contributed by atoms with Crippen LogP contribution in [0.3, 0.4) is 0 Å². The predicted octanol–water partition coefficient (Wildman–Crippen LogP) is 2.98. The van der Waals surface area contributed by atoms with Crippen molar-refractivity contribution >= 4 is 17.5 Å². The van der Waals surface area contributed by atoms with Gasteiger partial charge in [0.15, 0.2) is 0 Å². The van der Waals surface area contributed by atoms with E-state index < -0.39 is 0 Å². The van der Waals surface area contributed by atoms with Gasteiger partial charge in [-0.15, -0.1) is 11.6 Å². The predicted molar refractivity (Wildman–Crippen MR) is 92.1 cm³/mol. The number of aryl methyl sites for hydroxylation is 2. The van der Waals surface area contributed by atoms with Gasteiger partial charge in [-0.05, 0) is 49.3 Å². The Labute approximate surface area is 142 Å². The lowest BCUT2D eigenvalue weighted by molar-refractivity contribution is -0.117. The third-order valence-corrected chi connectivity index (χ3v) is 4.26. The van der Waals surface area contributed by atoms with E-state index in [4.69, 9.17) is 16.9 Å². The average Bonchev–Trinajstić information content (AvgIpc) is 2.58. The first kappa shape index (κ1) is 17.4. The Morgan fingerprint density at radius 2 is 2.13 bits per heavy atom. The fourth-order valence-corrected chi connectivity index (χ4v) is 2.87.